The van der Waals surface area contributed by atoms with Gasteiger partial charge in [-0.15, -0.1) is 0 Å². The monoisotopic (exact) mass is 594 g/mol. The first-order valence-corrected chi connectivity index (χ1v) is 16.1. The minimum Gasteiger partial charge on any atom is -0.446 e. The summed E-state index contributed by atoms with van der Waals surface area (Å²) in [4.78, 5) is 21.7. The number of ether oxygens (including phenoxy) is 1. The zero-order chi connectivity index (χ0) is 29.9. The molecule has 0 aliphatic carbocycles. The molecule has 0 bridgehead atoms. The van der Waals surface area contributed by atoms with Gasteiger partial charge in [-0.05, 0) is 62.4 Å². The van der Waals surface area contributed by atoms with Crippen molar-refractivity contribution in [2.45, 2.75) is 50.5 Å². The Kier molecular flexibility index (Phi) is 9.05. The highest BCUT2D eigenvalue weighted by molar-refractivity contribution is 7.89. The van der Waals surface area contributed by atoms with Crippen LogP contribution in [0.5, 0.6) is 0 Å². The van der Waals surface area contributed by atoms with Crippen molar-refractivity contribution in [1.29, 1.82) is 0 Å². The van der Waals surface area contributed by atoms with Gasteiger partial charge in [0, 0.05) is 45.6 Å². The number of amides is 1. The molecule has 1 unspecified atom stereocenters. The summed E-state index contributed by atoms with van der Waals surface area (Å²) in [5.41, 5.74) is 1.41. The van der Waals surface area contributed by atoms with E-state index in [1.807, 2.05) is 36.1 Å². The molecule has 226 valence electrons. The Balaban J connectivity index is 1.20. The van der Waals surface area contributed by atoms with E-state index in [-0.39, 0.29) is 18.1 Å². The van der Waals surface area contributed by atoms with Gasteiger partial charge in [-0.3, -0.25) is 0 Å². The highest BCUT2D eigenvalue weighted by Crippen LogP contribution is 2.34. The zero-order valence-electron chi connectivity index (χ0n) is 25.0. The van der Waals surface area contributed by atoms with E-state index in [0.29, 0.717) is 47.2 Å². The minimum absolute atomic E-state index is 0.118. The zero-order valence-corrected chi connectivity index (χ0v) is 25.8. The average Bonchev–Trinajstić information content (AvgIpc) is 3.57. The summed E-state index contributed by atoms with van der Waals surface area (Å²) in [5.74, 6) is 2.11. The van der Waals surface area contributed by atoms with Crippen molar-refractivity contribution in [1.82, 2.24) is 19.1 Å². The van der Waals surface area contributed by atoms with E-state index in [2.05, 4.69) is 28.9 Å². The quantitative estimate of drug-likeness (QED) is 0.331. The maximum atomic E-state index is 13.4. The van der Waals surface area contributed by atoms with Crippen LogP contribution in [-0.4, -0.2) is 79.9 Å². The number of carbonyl (C=O) groups excluding carboxylic acids is 1. The standard InChI is InChI=1S/C32H42N4O5S/c1-24-30(33-25(2)41-24)22-40-31(37)36-20-26-15-17-35(19-27(26)21-36)18-16-32(3,28-11-7-5-8-12-28)23-34(4)42(38,39)29-13-9-6-10-14-29/h5-14,26-27H,15-23H2,1-4H3/t26-,27?,32+/m0/s1. The van der Waals surface area contributed by atoms with E-state index in [4.69, 9.17) is 9.15 Å². The first-order valence-electron chi connectivity index (χ1n) is 14.7. The van der Waals surface area contributed by atoms with Crippen LogP contribution in [0.25, 0.3) is 0 Å². The number of carbonyl (C=O) groups is 1. The molecule has 1 amide bonds. The number of aryl methyl sites for hydroxylation is 2. The molecule has 2 aliphatic heterocycles. The van der Waals surface area contributed by atoms with E-state index in [9.17, 15) is 13.2 Å². The van der Waals surface area contributed by atoms with E-state index in [0.717, 1.165) is 44.6 Å². The number of oxazole rings is 1. The third-order valence-corrected chi connectivity index (χ3v) is 10.8. The molecular weight excluding hydrogens is 552 g/mol. The van der Waals surface area contributed by atoms with Crippen LogP contribution in [0.3, 0.4) is 0 Å². The molecule has 3 heterocycles. The van der Waals surface area contributed by atoms with Gasteiger partial charge in [-0.2, -0.15) is 0 Å². The number of likely N-dealkylation sites (tertiary alicyclic amines) is 2. The highest BCUT2D eigenvalue weighted by atomic mass is 32.2. The van der Waals surface area contributed by atoms with Gasteiger partial charge < -0.3 is 19.0 Å². The molecule has 2 saturated heterocycles. The van der Waals surface area contributed by atoms with E-state index < -0.39 is 10.0 Å². The molecule has 0 N–H and O–H groups in total. The fourth-order valence-corrected chi connectivity index (χ4v) is 7.75. The molecule has 2 aliphatic rings. The predicted octanol–water partition coefficient (Wildman–Crippen LogP) is 4.85. The molecule has 10 heteroatoms. The highest BCUT2D eigenvalue weighted by Gasteiger charge is 2.40. The summed E-state index contributed by atoms with van der Waals surface area (Å²) in [6.07, 6.45) is 1.54. The smallest absolute Gasteiger partial charge is 0.410 e. The fraction of sp³-hybridized carbons (Fsp3) is 0.500. The molecule has 42 heavy (non-hydrogen) atoms. The molecule has 0 spiro atoms. The lowest BCUT2D eigenvalue weighted by molar-refractivity contribution is 0.101. The largest absolute Gasteiger partial charge is 0.446 e. The van der Waals surface area contributed by atoms with Crippen LogP contribution in [0, 0.1) is 25.7 Å². The Morgan fingerprint density at radius 2 is 1.71 bits per heavy atom. The maximum absolute atomic E-state index is 13.4. The Bertz CT molecular complexity index is 1460. The van der Waals surface area contributed by atoms with E-state index in [1.54, 1.807) is 38.2 Å². The predicted molar refractivity (Wildman–Crippen MR) is 160 cm³/mol. The number of aromatic nitrogens is 1. The number of sulfonamides is 1. The normalized spacial score (nSPS) is 20.8. The third-order valence-electron chi connectivity index (χ3n) is 8.95. The number of hydrogen-bond donors (Lipinski definition) is 0. The van der Waals surface area contributed by atoms with Crippen molar-refractivity contribution >= 4 is 16.1 Å². The van der Waals surface area contributed by atoms with Crippen molar-refractivity contribution in [2.24, 2.45) is 11.8 Å². The van der Waals surface area contributed by atoms with E-state index >= 15 is 0 Å². The van der Waals surface area contributed by atoms with Gasteiger partial charge in [0.1, 0.15) is 18.1 Å². The molecule has 0 saturated carbocycles. The second-order valence-electron chi connectivity index (χ2n) is 12.1. The van der Waals surface area contributed by atoms with Gasteiger partial charge in [0.2, 0.25) is 10.0 Å². The summed E-state index contributed by atoms with van der Waals surface area (Å²) >= 11 is 0. The molecule has 3 atom stereocenters. The third kappa shape index (κ3) is 6.71. The van der Waals surface area contributed by atoms with Gasteiger partial charge in [0.05, 0.1) is 4.90 Å². The summed E-state index contributed by atoms with van der Waals surface area (Å²) < 4.78 is 39.2. The first kappa shape index (κ1) is 30.3. The van der Waals surface area contributed by atoms with Crippen LogP contribution in [0.1, 0.15) is 42.7 Å². The number of rotatable bonds is 10. The Hall–Kier alpha value is -3.21. The fourth-order valence-electron chi connectivity index (χ4n) is 6.43. The number of fused-ring (bicyclic) bond motifs is 1. The van der Waals surface area contributed by atoms with Crippen LogP contribution >= 0.6 is 0 Å². The summed E-state index contributed by atoms with van der Waals surface area (Å²) in [5, 5.41) is 0. The second-order valence-corrected chi connectivity index (χ2v) is 14.1. The summed E-state index contributed by atoms with van der Waals surface area (Å²) in [6, 6.07) is 18.8. The lowest BCUT2D eigenvalue weighted by Gasteiger charge is -2.39. The van der Waals surface area contributed by atoms with Gasteiger partial charge >= 0.3 is 6.09 Å². The summed E-state index contributed by atoms with van der Waals surface area (Å²) in [6.45, 7) is 10.4. The number of benzene rings is 2. The molecule has 2 aromatic carbocycles. The molecule has 2 fully saturated rings. The number of likely N-dealkylation sites (N-methyl/N-ethyl adjacent to an activating group) is 1. The molecule has 3 aromatic rings. The van der Waals surface area contributed by atoms with Crippen LogP contribution in [0.15, 0.2) is 70.0 Å². The van der Waals surface area contributed by atoms with Gasteiger partial charge in [-0.1, -0.05) is 55.5 Å². The minimum atomic E-state index is -3.61. The van der Waals surface area contributed by atoms with Crippen LogP contribution < -0.4 is 0 Å². The molecule has 0 radical (unpaired) electrons. The average molecular weight is 595 g/mol. The number of hydrogen-bond acceptors (Lipinski definition) is 7. The van der Waals surface area contributed by atoms with Crippen molar-refractivity contribution in [3.63, 3.8) is 0 Å². The Morgan fingerprint density at radius 3 is 2.38 bits per heavy atom. The molecule has 1 aromatic heterocycles. The maximum Gasteiger partial charge on any atom is 0.410 e. The Labute approximate surface area is 249 Å². The van der Waals surface area contributed by atoms with E-state index in [1.165, 1.54) is 4.31 Å². The number of piperidine rings is 1. The van der Waals surface area contributed by atoms with Crippen LogP contribution in [0.2, 0.25) is 0 Å². The van der Waals surface area contributed by atoms with Gasteiger partial charge in [-0.25, -0.2) is 22.5 Å². The molecule has 9 nitrogen and oxygen atoms in total. The van der Waals surface area contributed by atoms with Crippen molar-refractivity contribution in [3.8, 4) is 0 Å². The van der Waals surface area contributed by atoms with Gasteiger partial charge in [0.25, 0.3) is 0 Å². The lowest BCUT2D eigenvalue weighted by atomic mass is 9.78. The molecule has 5 rings (SSSR count). The topological polar surface area (TPSA) is 96.2 Å². The van der Waals surface area contributed by atoms with Crippen molar-refractivity contribution in [2.75, 3.05) is 46.3 Å². The van der Waals surface area contributed by atoms with Crippen LogP contribution in [0.4, 0.5) is 4.79 Å². The van der Waals surface area contributed by atoms with Crippen molar-refractivity contribution < 1.29 is 22.4 Å². The SMILES string of the molecule is Cc1nc(COC(=O)N2CC3CN(CC[C@](C)(CN(C)S(=O)(=O)c4ccccc4)c4ccccc4)CC[C@H]3C2)c(C)o1. The lowest BCUT2D eigenvalue weighted by Crippen LogP contribution is -2.45. The van der Waals surface area contributed by atoms with Crippen LogP contribution in [-0.2, 0) is 26.8 Å². The first-order chi connectivity index (χ1) is 20.0. The summed E-state index contributed by atoms with van der Waals surface area (Å²) in [7, 11) is -1.94. The second kappa shape index (κ2) is 12.6. The van der Waals surface area contributed by atoms with Gasteiger partial charge in [0.15, 0.2) is 5.89 Å². The Morgan fingerprint density at radius 1 is 1.05 bits per heavy atom. The molecular formula is C32H42N4O5S. The van der Waals surface area contributed by atoms with Crippen molar-refractivity contribution in [3.05, 3.63) is 83.6 Å². The number of nitrogens with zero attached hydrogens (tertiary/aromatic N) is 4.